The van der Waals surface area contributed by atoms with Crippen molar-refractivity contribution >= 4 is 17.7 Å². The van der Waals surface area contributed by atoms with Crippen molar-refractivity contribution in [1.82, 2.24) is 14.9 Å². The number of rotatable bonds is 2. The molecule has 2 atom stereocenters. The number of ether oxygens (including phenoxy) is 1. The molecule has 3 aliphatic rings. The molecule has 1 aromatic rings. The maximum absolute atomic E-state index is 12.0. The number of piperidine rings is 1. The number of aryl methyl sites for hydroxylation is 1. The van der Waals surface area contributed by atoms with E-state index in [1.54, 1.807) is 6.92 Å². The van der Waals surface area contributed by atoms with Crippen molar-refractivity contribution in [2.24, 2.45) is 11.3 Å². The Morgan fingerprint density at radius 3 is 2.76 bits per heavy atom. The van der Waals surface area contributed by atoms with Gasteiger partial charge in [-0.25, -0.2) is 4.98 Å². The van der Waals surface area contributed by atoms with Crippen molar-refractivity contribution in [2.75, 3.05) is 50.1 Å². The highest BCUT2D eigenvalue weighted by atomic mass is 16.5. The van der Waals surface area contributed by atoms with Crippen molar-refractivity contribution in [3.8, 4) is 0 Å². The monoisotopic (exact) mass is 345 g/mol. The van der Waals surface area contributed by atoms with Crippen LogP contribution in [0, 0.1) is 18.3 Å². The molecule has 1 amide bonds. The number of carbonyl (C=O) groups is 1. The summed E-state index contributed by atoms with van der Waals surface area (Å²) in [5.41, 5.74) is 1.18. The van der Waals surface area contributed by atoms with Crippen LogP contribution >= 0.6 is 0 Å². The summed E-state index contributed by atoms with van der Waals surface area (Å²) < 4.78 is 5.74. The highest BCUT2D eigenvalue weighted by molar-refractivity contribution is 5.74. The highest BCUT2D eigenvalue weighted by Gasteiger charge is 2.56. The number of anilines is 2. The van der Waals surface area contributed by atoms with Gasteiger partial charge in [0.05, 0.1) is 19.3 Å². The largest absolute Gasteiger partial charge is 0.379 e. The van der Waals surface area contributed by atoms with Gasteiger partial charge in [-0.3, -0.25) is 4.79 Å². The number of hydrogen-bond donors (Lipinski definition) is 1. The number of amides is 1. The van der Waals surface area contributed by atoms with E-state index in [1.807, 2.05) is 14.0 Å². The van der Waals surface area contributed by atoms with Crippen LogP contribution in [0.3, 0.4) is 0 Å². The molecule has 7 heteroatoms. The van der Waals surface area contributed by atoms with E-state index in [1.165, 1.54) is 0 Å². The average molecular weight is 345 g/mol. The van der Waals surface area contributed by atoms with Gasteiger partial charge in [0.2, 0.25) is 11.9 Å². The minimum Gasteiger partial charge on any atom is -0.379 e. The van der Waals surface area contributed by atoms with Gasteiger partial charge in [0.15, 0.2) is 0 Å². The van der Waals surface area contributed by atoms with E-state index in [0.29, 0.717) is 18.5 Å². The van der Waals surface area contributed by atoms with Crippen LogP contribution in [-0.2, 0) is 9.53 Å². The lowest BCUT2D eigenvalue weighted by Crippen LogP contribution is -2.45. The maximum atomic E-state index is 12.0. The summed E-state index contributed by atoms with van der Waals surface area (Å²) in [6.45, 7) is 8.01. The van der Waals surface area contributed by atoms with Crippen LogP contribution in [0.2, 0.25) is 0 Å². The van der Waals surface area contributed by atoms with Crippen LogP contribution in [-0.4, -0.2) is 66.7 Å². The third kappa shape index (κ3) is 2.74. The Labute approximate surface area is 148 Å². The van der Waals surface area contributed by atoms with Crippen LogP contribution in [0.1, 0.15) is 25.5 Å². The maximum Gasteiger partial charge on any atom is 0.224 e. The van der Waals surface area contributed by atoms with Crippen molar-refractivity contribution < 1.29 is 9.53 Å². The van der Waals surface area contributed by atoms with E-state index in [4.69, 9.17) is 4.74 Å². The first-order valence-electron chi connectivity index (χ1n) is 9.16. The first-order valence-corrected chi connectivity index (χ1v) is 9.16. The van der Waals surface area contributed by atoms with Gasteiger partial charge in [0, 0.05) is 51.3 Å². The molecule has 0 unspecified atom stereocenters. The number of nitrogens with one attached hydrogen (secondary N) is 1. The average Bonchev–Trinajstić information content (AvgIpc) is 3.18. The Hall–Kier alpha value is -1.89. The molecule has 4 heterocycles. The lowest BCUT2D eigenvalue weighted by atomic mass is 9.70. The second-order valence-electron chi connectivity index (χ2n) is 7.65. The van der Waals surface area contributed by atoms with Gasteiger partial charge >= 0.3 is 0 Å². The fourth-order valence-corrected chi connectivity index (χ4v) is 4.89. The zero-order chi connectivity index (χ0) is 17.6. The predicted molar refractivity (Wildman–Crippen MR) is 95.7 cm³/mol. The van der Waals surface area contributed by atoms with Crippen molar-refractivity contribution in [3.05, 3.63) is 11.8 Å². The van der Waals surface area contributed by atoms with E-state index in [-0.39, 0.29) is 17.4 Å². The van der Waals surface area contributed by atoms with E-state index in [9.17, 15) is 4.79 Å². The smallest absolute Gasteiger partial charge is 0.224 e. The molecule has 25 heavy (non-hydrogen) atoms. The first-order chi connectivity index (χ1) is 12.0. The second kappa shape index (κ2) is 6.12. The molecule has 1 N–H and O–H groups in total. The molecule has 0 aliphatic carbocycles. The highest BCUT2D eigenvalue weighted by Crippen LogP contribution is 2.50. The number of hydrogen-bond acceptors (Lipinski definition) is 6. The summed E-state index contributed by atoms with van der Waals surface area (Å²) in [6.07, 6.45) is 2.17. The predicted octanol–water partition coefficient (Wildman–Crippen LogP) is 1.29. The minimum absolute atomic E-state index is 0.185. The number of carbonyl (C=O) groups excluding carboxylic acids is 1. The Morgan fingerprint density at radius 1 is 1.32 bits per heavy atom. The van der Waals surface area contributed by atoms with Crippen LogP contribution in [0.4, 0.5) is 11.8 Å². The van der Waals surface area contributed by atoms with E-state index >= 15 is 0 Å². The molecule has 3 aliphatic heterocycles. The molecule has 136 valence electrons. The van der Waals surface area contributed by atoms with Gasteiger partial charge in [-0.1, -0.05) is 0 Å². The minimum atomic E-state index is 0.185. The quantitative estimate of drug-likeness (QED) is 0.871. The SMILES string of the molecule is CNc1nc(C)cc(N2CCC3(CC2)CN(C(C)=O)[C@@H]2COC[C@@H]23)n1. The Kier molecular flexibility index (Phi) is 4.06. The van der Waals surface area contributed by atoms with Gasteiger partial charge in [-0.2, -0.15) is 4.98 Å². The Bertz CT molecular complexity index is 671. The topological polar surface area (TPSA) is 70.6 Å². The summed E-state index contributed by atoms with van der Waals surface area (Å²) in [5, 5.41) is 3.03. The van der Waals surface area contributed by atoms with Crippen LogP contribution < -0.4 is 10.2 Å². The molecule has 7 nitrogen and oxygen atoms in total. The van der Waals surface area contributed by atoms with Crippen LogP contribution in [0.5, 0.6) is 0 Å². The molecular weight excluding hydrogens is 318 g/mol. The molecule has 0 radical (unpaired) electrons. The van der Waals surface area contributed by atoms with Crippen LogP contribution in [0.25, 0.3) is 0 Å². The standard InChI is InChI=1S/C18H27N5O2/c1-12-8-16(21-17(19-3)20-12)22-6-4-18(5-7-22)11-23(13(2)24)15-10-25-9-14(15)18/h8,14-15H,4-7,9-11H2,1-3H3,(H,19,20,21)/t14-,15+/m0/s1. The fourth-order valence-electron chi connectivity index (χ4n) is 4.89. The van der Waals surface area contributed by atoms with Crippen molar-refractivity contribution in [1.29, 1.82) is 0 Å². The second-order valence-corrected chi connectivity index (χ2v) is 7.65. The third-order valence-corrected chi connectivity index (χ3v) is 6.27. The Balaban J connectivity index is 1.51. The van der Waals surface area contributed by atoms with E-state index in [0.717, 1.165) is 50.6 Å². The molecular formula is C18H27N5O2. The fraction of sp³-hybridized carbons (Fsp3) is 0.722. The zero-order valence-corrected chi connectivity index (χ0v) is 15.3. The van der Waals surface area contributed by atoms with Gasteiger partial charge in [-0.05, 0) is 25.2 Å². The molecule has 0 aromatic carbocycles. The molecule has 3 saturated heterocycles. The normalized spacial score (nSPS) is 27.6. The lowest BCUT2D eigenvalue weighted by molar-refractivity contribution is -0.130. The first kappa shape index (κ1) is 16.6. The van der Waals surface area contributed by atoms with Gasteiger partial charge in [-0.15, -0.1) is 0 Å². The molecule has 0 bridgehead atoms. The third-order valence-electron chi connectivity index (χ3n) is 6.27. The summed E-state index contributed by atoms with van der Waals surface area (Å²) in [6, 6.07) is 2.33. The van der Waals surface area contributed by atoms with Gasteiger partial charge < -0.3 is 19.9 Å². The molecule has 0 saturated carbocycles. The summed E-state index contributed by atoms with van der Waals surface area (Å²) >= 11 is 0. The number of fused-ring (bicyclic) bond motifs is 2. The lowest BCUT2D eigenvalue weighted by Gasteiger charge is -2.42. The molecule has 3 fully saturated rings. The summed E-state index contributed by atoms with van der Waals surface area (Å²) in [7, 11) is 1.85. The number of nitrogens with zero attached hydrogens (tertiary/aromatic N) is 4. The number of likely N-dealkylation sites (tertiary alicyclic amines) is 1. The number of aromatic nitrogens is 2. The zero-order valence-electron chi connectivity index (χ0n) is 15.3. The summed E-state index contributed by atoms with van der Waals surface area (Å²) in [5.74, 6) is 2.33. The van der Waals surface area contributed by atoms with Crippen molar-refractivity contribution in [3.63, 3.8) is 0 Å². The molecule has 4 rings (SSSR count). The van der Waals surface area contributed by atoms with Gasteiger partial charge in [0.25, 0.3) is 0 Å². The van der Waals surface area contributed by atoms with Gasteiger partial charge in [0.1, 0.15) is 5.82 Å². The van der Waals surface area contributed by atoms with E-state index in [2.05, 4.69) is 31.2 Å². The summed E-state index contributed by atoms with van der Waals surface area (Å²) in [4.78, 5) is 25.4. The van der Waals surface area contributed by atoms with Crippen molar-refractivity contribution in [2.45, 2.75) is 32.7 Å². The van der Waals surface area contributed by atoms with Crippen LogP contribution in [0.15, 0.2) is 6.07 Å². The Morgan fingerprint density at radius 2 is 2.08 bits per heavy atom. The van der Waals surface area contributed by atoms with E-state index < -0.39 is 0 Å². The molecule has 1 spiro atoms. The molecule has 1 aromatic heterocycles.